The number of ether oxygens (including phenoxy) is 2. The van der Waals surface area contributed by atoms with Crippen LogP contribution in [-0.2, 0) is 4.74 Å². The Bertz CT molecular complexity index is 351. The van der Waals surface area contributed by atoms with Crippen LogP contribution < -0.4 is 10.1 Å². The SMILES string of the molecule is COc1cccc(NCCOC2CCCCC2)n1. The van der Waals surface area contributed by atoms with Gasteiger partial charge in [-0.05, 0) is 18.9 Å². The van der Waals surface area contributed by atoms with Gasteiger partial charge in [-0.25, -0.2) is 0 Å². The normalized spacial score (nSPS) is 16.5. The first-order valence-corrected chi connectivity index (χ1v) is 6.75. The molecule has 1 fully saturated rings. The molecule has 1 aliphatic rings. The third-order valence-corrected chi connectivity index (χ3v) is 3.25. The van der Waals surface area contributed by atoms with Gasteiger partial charge >= 0.3 is 0 Å². The van der Waals surface area contributed by atoms with Gasteiger partial charge in [-0.15, -0.1) is 0 Å². The second-order valence-corrected chi connectivity index (χ2v) is 4.62. The van der Waals surface area contributed by atoms with Crippen molar-refractivity contribution in [3.63, 3.8) is 0 Å². The van der Waals surface area contributed by atoms with Crippen LogP contribution in [0.3, 0.4) is 0 Å². The van der Waals surface area contributed by atoms with E-state index in [2.05, 4.69) is 10.3 Å². The van der Waals surface area contributed by atoms with E-state index in [1.807, 2.05) is 18.2 Å². The van der Waals surface area contributed by atoms with Gasteiger partial charge in [0.2, 0.25) is 5.88 Å². The highest BCUT2D eigenvalue weighted by atomic mass is 16.5. The molecular formula is C14H22N2O2. The van der Waals surface area contributed by atoms with E-state index in [1.165, 1.54) is 32.1 Å². The highest BCUT2D eigenvalue weighted by Crippen LogP contribution is 2.20. The Hall–Kier alpha value is -1.29. The number of anilines is 1. The molecule has 18 heavy (non-hydrogen) atoms. The van der Waals surface area contributed by atoms with E-state index in [9.17, 15) is 0 Å². The van der Waals surface area contributed by atoms with Crippen LogP contribution in [0.4, 0.5) is 5.82 Å². The summed E-state index contributed by atoms with van der Waals surface area (Å²) in [5.74, 6) is 1.47. The lowest BCUT2D eigenvalue weighted by Gasteiger charge is -2.22. The molecule has 0 unspecified atom stereocenters. The number of hydrogen-bond donors (Lipinski definition) is 1. The minimum atomic E-state index is 0.471. The molecule has 0 bridgehead atoms. The monoisotopic (exact) mass is 250 g/mol. The summed E-state index contributed by atoms with van der Waals surface area (Å²) in [6.07, 6.45) is 6.91. The van der Waals surface area contributed by atoms with Gasteiger partial charge in [0.05, 0.1) is 19.8 Å². The van der Waals surface area contributed by atoms with Crippen LogP contribution in [-0.4, -0.2) is 31.3 Å². The number of aromatic nitrogens is 1. The number of pyridine rings is 1. The van der Waals surface area contributed by atoms with E-state index in [0.29, 0.717) is 12.0 Å². The van der Waals surface area contributed by atoms with Gasteiger partial charge in [-0.1, -0.05) is 25.3 Å². The summed E-state index contributed by atoms with van der Waals surface area (Å²) in [5.41, 5.74) is 0. The molecule has 0 amide bonds. The predicted molar refractivity (Wildman–Crippen MR) is 72.1 cm³/mol. The number of nitrogens with zero attached hydrogens (tertiary/aromatic N) is 1. The standard InChI is InChI=1S/C14H22N2O2/c1-17-14-9-5-8-13(16-14)15-10-11-18-12-6-3-2-4-7-12/h5,8-9,12H,2-4,6-7,10-11H2,1H3,(H,15,16). The molecule has 100 valence electrons. The topological polar surface area (TPSA) is 43.4 Å². The largest absolute Gasteiger partial charge is 0.481 e. The Kier molecular flexibility index (Phi) is 5.27. The highest BCUT2D eigenvalue weighted by Gasteiger charge is 2.12. The van der Waals surface area contributed by atoms with Crippen molar-refractivity contribution < 1.29 is 9.47 Å². The zero-order chi connectivity index (χ0) is 12.6. The van der Waals surface area contributed by atoms with E-state index in [4.69, 9.17) is 9.47 Å². The van der Waals surface area contributed by atoms with Crippen LogP contribution in [0.1, 0.15) is 32.1 Å². The first-order valence-electron chi connectivity index (χ1n) is 6.75. The summed E-state index contributed by atoms with van der Waals surface area (Å²) in [7, 11) is 1.62. The second kappa shape index (κ2) is 7.21. The molecule has 2 rings (SSSR count). The van der Waals surface area contributed by atoms with Crippen molar-refractivity contribution in [2.24, 2.45) is 0 Å². The zero-order valence-electron chi connectivity index (χ0n) is 11.0. The first kappa shape index (κ1) is 13.1. The molecule has 0 spiro atoms. The summed E-state index contributed by atoms with van der Waals surface area (Å²) >= 11 is 0. The van der Waals surface area contributed by atoms with Crippen LogP contribution in [0.15, 0.2) is 18.2 Å². The lowest BCUT2D eigenvalue weighted by Crippen LogP contribution is -2.20. The van der Waals surface area contributed by atoms with Crippen LogP contribution in [0.5, 0.6) is 5.88 Å². The minimum Gasteiger partial charge on any atom is -0.481 e. The van der Waals surface area contributed by atoms with Gasteiger partial charge in [-0.2, -0.15) is 4.98 Å². The fourth-order valence-corrected chi connectivity index (χ4v) is 2.26. The maximum absolute atomic E-state index is 5.84. The van der Waals surface area contributed by atoms with Gasteiger partial charge in [0.15, 0.2) is 0 Å². The molecule has 1 N–H and O–H groups in total. The third kappa shape index (κ3) is 4.18. The number of nitrogens with one attached hydrogen (secondary N) is 1. The van der Waals surface area contributed by atoms with E-state index in [0.717, 1.165) is 19.0 Å². The predicted octanol–water partition coefficient (Wildman–Crippen LogP) is 2.85. The van der Waals surface area contributed by atoms with Gasteiger partial charge in [0.25, 0.3) is 0 Å². The molecule has 0 aliphatic heterocycles. The van der Waals surface area contributed by atoms with E-state index in [1.54, 1.807) is 7.11 Å². The maximum atomic E-state index is 5.84. The fourth-order valence-electron chi connectivity index (χ4n) is 2.26. The van der Waals surface area contributed by atoms with E-state index in [-0.39, 0.29) is 0 Å². The Labute approximate surface area is 109 Å². The van der Waals surface area contributed by atoms with Crippen molar-refractivity contribution in [3.05, 3.63) is 18.2 Å². The molecule has 4 nitrogen and oxygen atoms in total. The quantitative estimate of drug-likeness (QED) is 0.788. The molecule has 1 aromatic rings. The van der Waals surface area contributed by atoms with Gasteiger partial charge in [0.1, 0.15) is 5.82 Å². The molecule has 1 aromatic heterocycles. The Morgan fingerprint density at radius 2 is 2.11 bits per heavy atom. The maximum Gasteiger partial charge on any atom is 0.214 e. The van der Waals surface area contributed by atoms with Crippen LogP contribution >= 0.6 is 0 Å². The summed E-state index contributed by atoms with van der Waals surface area (Å²) < 4.78 is 10.9. The van der Waals surface area contributed by atoms with E-state index >= 15 is 0 Å². The molecule has 0 radical (unpaired) electrons. The van der Waals surface area contributed by atoms with Crippen LogP contribution in [0.2, 0.25) is 0 Å². The van der Waals surface area contributed by atoms with Crippen molar-refractivity contribution in [2.45, 2.75) is 38.2 Å². The fraction of sp³-hybridized carbons (Fsp3) is 0.643. The Morgan fingerprint density at radius 3 is 2.89 bits per heavy atom. The molecule has 0 atom stereocenters. The zero-order valence-corrected chi connectivity index (χ0v) is 11.0. The van der Waals surface area contributed by atoms with Gasteiger partial charge in [0, 0.05) is 12.6 Å². The Balaban J connectivity index is 1.65. The number of hydrogen-bond acceptors (Lipinski definition) is 4. The van der Waals surface area contributed by atoms with Crippen molar-refractivity contribution in [1.29, 1.82) is 0 Å². The molecule has 0 saturated heterocycles. The second-order valence-electron chi connectivity index (χ2n) is 4.62. The summed E-state index contributed by atoms with van der Waals surface area (Å²) in [4.78, 5) is 4.29. The average Bonchev–Trinajstić information content (AvgIpc) is 2.45. The molecule has 1 aliphatic carbocycles. The van der Waals surface area contributed by atoms with E-state index < -0.39 is 0 Å². The Morgan fingerprint density at radius 1 is 1.28 bits per heavy atom. The first-order chi connectivity index (χ1) is 8.88. The third-order valence-electron chi connectivity index (χ3n) is 3.25. The minimum absolute atomic E-state index is 0.471. The lowest BCUT2D eigenvalue weighted by molar-refractivity contribution is 0.0347. The van der Waals surface area contributed by atoms with Crippen molar-refractivity contribution in [3.8, 4) is 5.88 Å². The van der Waals surface area contributed by atoms with Crippen molar-refractivity contribution in [2.75, 3.05) is 25.6 Å². The molecule has 1 heterocycles. The molecule has 4 heteroatoms. The molecule has 1 saturated carbocycles. The summed E-state index contributed by atoms with van der Waals surface area (Å²) in [5, 5.41) is 3.24. The average molecular weight is 250 g/mol. The van der Waals surface area contributed by atoms with Gasteiger partial charge in [-0.3, -0.25) is 0 Å². The number of methoxy groups -OCH3 is 1. The number of rotatable bonds is 6. The highest BCUT2D eigenvalue weighted by molar-refractivity contribution is 5.36. The molecular weight excluding hydrogens is 228 g/mol. The van der Waals surface area contributed by atoms with Crippen LogP contribution in [0.25, 0.3) is 0 Å². The molecule has 0 aromatic carbocycles. The van der Waals surface area contributed by atoms with Crippen LogP contribution in [0, 0.1) is 0 Å². The lowest BCUT2D eigenvalue weighted by atomic mass is 9.98. The van der Waals surface area contributed by atoms with Crippen molar-refractivity contribution >= 4 is 5.82 Å². The van der Waals surface area contributed by atoms with Gasteiger partial charge < -0.3 is 14.8 Å². The summed E-state index contributed by atoms with van der Waals surface area (Å²) in [6, 6.07) is 5.70. The summed E-state index contributed by atoms with van der Waals surface area (Å²) in [6.45, 7) is 1.53. The van der Waals surface area contributed by atoms with Crippen molar-refractivity contribution in [1.82, 2.24) is 4.98 Å². The smallest absolute Gasteiger partial charge is 0.214 e.